The predicted octanol–water partition coefficient (Wildman–Crippen LogP) is 0.687. The van der Waals surface area contributed by atoms with E-state index in [-0.39, 0.29) is 18.2 Å². The maximum Gasteiger partial charge on any atom is 0.274 e. The van der Waals surface area contributed by atoms with E-state index >= 15 is 0 Å². The molecule has 1 N–H and O–H groups in total. The molecule has 0 saturated heterocycles. The zero-order chi connectivity index (χ0) is 14.8. The molecule has 7 nitrogen and oxygen atoms in total. The first kappa shape index (κ1) is 13.4. The third-order valence-corrected chi connectivity index (χ3v) is 3.37. The van der Waals surface area contributed by atoms with Crippen molar-refractivity contribution in [2.45, 2.75) is 12.8 Å². The Balaban J connectivity index is 1.80. The molecule has 0 radical (unpaired) electrons. The number of hydrogen-bond donors (Lipinski definition) is 1. The summed E-state index contributed by atoms with van der Waals surface area (Å²) in [6.45, 7) is 1.02. The van der Waals surface area contributed by atoms with Gasteiger partial charge in [0.1, 0.15) is 18.9 Å². The minimum absolute atomic E-state index is 0.173. The Kier molecular flexibility index (Phi) is 3.47. The van der Waals surface area contributed by atoms with E-state index in [1.165, 1.54) is 4.90 Å². The highest BCUT2D eigenvalue weighted by molar-refractivity contribution is 6.44. The summed E-state index contributed by atoms with van der Waals surface area (Å²) < 4.78 is 11.0. The molecule has 0 saturated carbocycles. The van der Waals surface area contributed by atoms with Gasteiger partial charge < -0.3 is 14.4 Å². The summed E-state index contributed by atoms with van der Waals surface area (Å²) in [5.41, 5.74) is 3.35. The molecular weight excluding hydrogens is 274 g/mol. The number of amides is 2. The van der Waals surface area contributed by atoms with Gasteiger partial charge in [0.25, 0.3) is 5.91 Å². The van der Waals surface area contributed by atoms with Gasteiger partial charge in [0.2, 0.25) is 5.91 Å². The molecule has 2 amide bonds. The van der Waals surface area contributed by atoms with Gasteiger partial charge in [-0.3, -0.25) is 9.59 Å². The maximum atomic E-state index is 12.3. The molecule has 1 aromatic carbocycles. The Morgan fingerprint density at radius 2 is 2.00 bits per heavy atom. The molecule has 0 atom stereocenters. The smallest absolute Gasteiger partial charge is 0.274 e. The summed E-state index contributed by atoms with van der Waals surface area (Å²) >= 11 is 0. The minimum Gasteiger partial charge on any atom is -0.486 e. The van der Waals surface area contributed by atoms with Crippen LogP contribution in [-0.2, 0) is 9.59 Å². The Bertz CT molecular complexity index is 627. The molecule has 7 heteroatoms. The Labute approximate surface area is 121 Å². The molecular formula is C14H15N3O4. The van der Waals surface area contributed by atoms with Crippen molar-refractivity contribution in [3.63, 3.8) is 0 Å². The number of hydrogen-bond acceptors (Lipinski definition) is 5. The summed E-state index contributed by atoms with van der Waals surface area (Å²) in [6.07, 6.45) is 0.624. The van der Waals surface area contributed by atoms with Gasteiger partial charge in [-0.1, -0.05) is 0 Å². The van der Waals surface area contributed by atoms with Gasteiger partial charge in [0.15, 0.2) is 11.5 Å². The van der Waals surface area contributed by atoms with Crippen LogP contribution < -0.4 is 19.8 Å². The molecule has 2 aliphatic heterocycles. The Hall–Kier alpha value is -2.57. The molecule has 0 aromatic heterocycles. The van der Waals surface area contributed by atoms with Crippen molar-refractivity contribution < 1.29 is 19.1 Å². The summed E-state index contributed by atoms with van der Waals surface area (Å²) in [6, 6.07) is 5.32. The minimum atomic E-state index is -0.244. The monoisotopic (exact) mass is 289 g/mol. The molecule has 0 fully saturated rings. The third-order valence-electron chi connectivity index (χ3n) is 3.37. The van der Waals surface area contributed by atoms with Crippen LogP contribution in [0.2, 0.25) is 0 Å². The van der Waals surface area contributed by atoms with E-state index in [9.17, 15) is 9.59 Å². The predicted molar refractivity (Wildman–Crippen MR) is 75.7 cm³/mol. The lowest BCUT2D eigenvalue weighted by Gasteiger charge is -2.23. The molecule has 0 bridgehead atoms. The fourth-order valence-electron chi connectivity index (χ4n) is 2.18. The van der Waals surface area contributed by atoms with E-state index in [0.29, 0.717) is 42.5 Å². The second-order valence-corrected chi connectivity index (χ2v) is 4.79. The van der Waals surface area contributed by atoms with Crippen LogP contribution in [0.15, 0.2) is 23.3 Å². The number of hydrazone groups is 1. The Morgan fingerprint density at radius 1 is 1.24 bits per heavy atom. The van der Waals surface area contributed by atoms with Crippen LogP contribution in [0, 0.1) is 0 Å². The van der Waals surface area contributed by atoms with Gasteiger partial charge in [-0.25, -0.2) is 5.43 Å². The first-order chi connectivity index (χ1) is 10.1. The molecule has 2 aliphatic rings. The fourth-order valence-corrected chi connectivity index (χ4v) is 2.18. The lowest BCUT2D eigenvalue weighted by molar-refractivity contribution is -0.121. The number of anilines is 1. The topological polar surface area (TPSA) is 80.2 Å². The molecule has 3 rings (SSSR count). The summed E-state index contributed by atoms with van der Waals surface area (Å²) in [5.74, 6) is 0.880. The van der Waals surface area contributed by atoms with Crippen LogP contribution in [0.4, 0.5) is 5.69 Å². The van der Waals surface area contributed by atoms with Crippen LogP contribution in [-0.4, -0.2) is 37.8 Å². The number of nitrogens with one attached hydrogen (secondary N) is 1. The molecule has 21 heavy (non-hydrogen) atoms. The zero-order valence-corrected chi connectivity index (χ0v) is 11.6. The van der Waals surface area contributed by atoms with E-state index in [0.717, 1.165) is 0 Å². The number of ether oxygens (including phenoxy) is 2. The highest BCUT2D eigenvalue weighted by Crippen LogP contribution is 2.33. The van der Waals surface area contributed by atoms with Crippen LogP contribution in [0.25, 0.3) is 0 Å². The van der Waals surface area contributed by atoms with Crippen LogP contribution in [0.1, 0.15) is 12.8 Å². The summed E-state index contributed by atoms with van der Waals surface area (Å²) in [5, 5.41) is 3.81. The van der Waals surface area contributed by atoms with E-state index in [1.807, 2.05) is 0 Å². The molecule has 0 spiro atoms. The lowest BCUT2D eigenvalue weighted by Crippen LogP contribution is -2.38. The highest BCUT2D eigenvalue weighted by atomic mass is 16.6. The molecule has 1 aromatic rings. The van der Waals surface area contributed by atoms with Gasteiger partial charge >= 0.3 is 0 Å². The van der Waals surface area contributed by atoms with Crippen LogP contribution in [0.5, 0.6) is 11.5 Å². The third kappa shape index (κ3) is 2.67. The number of benzene rings is 1. The van der Waals surface area contributed by atoms with Crippen molar-refractivity contribution in [1.29, 1.82) is 0 Å². The van der Waals surface area contributed by atoms with Crippen molar-refractivity contribution in [3.05, 3.63) is 18.2 Å². The largest absolute Gasteiger partial charge is 0.486 e. The molecule has 2 heterocycles. The normalized spacial score (nSPS) is 16.8. The Morgan fingerprint density at radius 3 is 2.71 bits per heavy atom. The van der Waals surface area contributed by atoms with E-state index in [2.05, 4.69) is 10.5 Å². The van der Waals surface area contributed by atoms with E-state index < -0.39 is 0 Å². The van der Waals surface area contributed by atoms with Crippen molar-refractivity contribution >= 4 is 23.2 Å². The van der Waals surface area contributed by atoms with E-state index in [4.69, 9.17) is 9.47 Å². The lowest BCUT2D eigenvalue weighted by atomic mass is 10.1. The van der Waals surface area contributed by atoms with Crippen molar-refractivity contribution in [1.82, 2.24) is 5.43 Å². The van der Waals surface area contributed by atoms with E-state index in [1.54, 1.807) is 25.2 Å². The van der Waals surface area contributed by atoms with Gasteiger partial charge in [-0.15, -0.1) is 0 Å². The van der Waals surface area contributed by atoms with Crippen LogP contribution in [0.3, 0.4) is 0 Å². The molecule has 0 aliphatic carbocycles. The number of carbonyl (C=O) groups excluding carboxylic acids is 2. The highest BCUT2D eigenvalue weighted by Gasteiger charge is 2.23. The summed E-state index contributed by atoms with van der Waals surface area (Å²) in [4.78, 5) is 24.9. The number of nitrogens with zero attached hydrogens (tertiary/aromatic N) is 2. The second kappa shape index (κ2) is 5.43. The first-order valence-corrected chi connectivity index (χ1v) is 6.68. The molecule has 110 valence electrons. The van der Waals surface area contributed by atoms with Gasteiger partial charge in [0, 0.05) is 31.6 Å². The van der Waals surface area contributed by atoms with Crippen molar-refractivity contribution in [3.8, 4) is 11.5 Å². The summed E-state index contributed by atoms with van der Waals surface area (Å²) in [7, 11) is 1.66. The standard InChI is InChI=1S/C14H15N3O4/c1-17(14(19)10-3-5-13(18)16-15-10)9-2-4-11-12(8-9)21-7-6-20-11/h2,4,8H,3,5-7H2,1H3,(H,16,18). The van der Waals surface area contributed by atoms with Gasteiger partial charge in [0.05, 0.1) is 0 Å². The maximum absolute atomic E-state index is 12.3. The SMILES string of the molecule is CN(C(=O)C1=NNC(=O)CC1)c1ccc2c(c1)OCCO2. The number of carbonyl (C=O) groups is 2. The average molecular weight is 289 g/mol. The molecule has 0 unspecified atom stereocenters. The van der Waals surface area contributed by atoms with Gasteiger partial charge in [-0.2, -0.15) is 5.10 Å². The second-order valence-electron chi connectivity index (χ2n) is 4.79. The first-order valence-electron chi connectivity index (χ1n) is 6.68. The fraction of sp³-hybridized carbons (Fsp3) is 0.357. The average Bonchev–Trinajstić information content (AvgIpc) is 2.54. The zero-order valence-electron chi connectivity index (χ0n) is 11.6. The van der Waals surface area contributed by atoms with Crippen molar-refractivity contribution in [2.24, 2.45) is 5.10 Å². The number of rotatable bonds is 2. The number of fused-ring (bicyclic) bond motifs is 1. The van der Waals surface area contributed by atoms with Gasteiger partial charge in [-0.05, 0) is 12.1 Å². The van der Waals surface area contributed by atoms with Crippen LogP contribution >= 0.6 is 0 Å². The quantitative estimate of drug-likeness (QED) is 0.868. The van der Waals surface area contributed by atoms with Crippen molar-refractivity contribution in [2.75, 3.05) is 25.2 Å².